The van der Waals surface area contributed by atoms with Crippen LogP contribution in [0.5, 0.6) is 0 Å². The molecule has 0 bridgehead atoms. The van der Waals surface area contributed by atoms with Gasteiger partial charge in [-0.1, -0.05) is 72.3 Å². The smallest absolute Gasteiger partial charge is 0.251 e. The Bertz CT molecular complexity index is 1060. The molecule has 1 unspecified atom stereocenters. The molecule has 1 aliphatic heterocycles. The standard InChI is InChI=1S/C26H27NO4/c1-18-7-11-21(12-8-18)26(30,20-5-3-2-4-6-20)22-13-9-19(10-14-22)25(29)27-17-24-23(28)15-16-31-24/h2-14,23-24,28,30H,15-17H2,1H3,(H,27,29)/t23-,24+,26?/m0/s1/i16T/t16-,23-,24+,26?. The summed E-state index contributed by atoms with van der Waals surface area (Å²) in [6.07, 6.45) is -1.09. The lowest BCUT2D eigenvalue weighted by molar-refractivity contribution is 0.0416. The minimum absolute atomic E-state index is 0.133. The van der Waals surface area contributed by atoms with Crippen LogP contribution in [0, 0.1) is 6.92 Å². The van der Waals surface area contributed by atoms with Gasteiger partial charge >= 0.3 is 0 Å². The molecule has 3 aromatic rings. The van der Waals surface area contributed by atoms with Crippen molar-refractivity contribution in [3.63, 3.8) is 0 Å². The third-order valence-electron chi connectivity index (χ3n) is 5.73. The van der Waals surface area contributed by atoms with Crippen molar-refractivity contribution in [1.82, 2.24) is 5.32 Å². The van der Waals surface area contributed by atoms with Gasteiger partial charge in [-0.15, -0.1) is 0 Å². The van der Waals surface area contributed by atoms with Crippen molar-refractivity contribution in [2.75, 3.05) is 13.1 Å². The molecule has 4 atom stereocenters. The summed E-state index contributed by atoms with van der Waals surface area (Å²) in [7, 11) is 0. The Morgan fingerprint density at radius 1 is 1.03 bits per heavy atom. The molecule has 3 N–H and O–H groups in total. The van der Waals surface area contributed by atoms with Crippen LogP contribution in [0.15, 0.2) is 78.9 Å². The average Bonchev–Trinajstić information content (AvgIpc) is 3.14. The number of ether oxygens (including phenoxy) is 1. The molecule has 1 fully saturated rings. The minimum Gasteiger partial charge on any atom is -0.390 e. The summed E-state index contributed by atoms with van der Waals surface area (Å²) in [5.74, 6) is -0.306. The van der Waals surface area contributed by atoms with E-state index in [-0.39, 0.29) is 18.9 Å². The Morgan fingerprint density at radius 3 is 2.19 bits per heavy atom. The number of aliphatic hydroxyl groups excluding tert-OH is 1. The Morgan fingerprint density at radius 2 is 1.61 bits per heavy atom. The van der Waals surface area contributed by atoms with Crippen molar-refractivity contribution >= 4 is 5.91 Å². The van der Waals surface area contributed by atoms with Gasteiger partial charge in [0.25, 0.3) is 5.91 Å². The number of aliphatic hydroxyl groups is 2. The number of hydrogen-bond acceptors (Lipinski definition) is 4. The third-order valence-corrected chi connectivity index (χ3v) is 5.73. The lowest BCUT2D eigenvalue weighted by atomic mass is 9.80. The highest BCUT2D eigenvalue weighted by Gasteiger charge is 2.34. The molecule has 0 aliphatic carbocycles. The molecule has 0 saturated carbocycles. The van der Waals surface area contributed by atoms with Gasteiger partial charge in [-0.2, -0.15) is 0 Å². The molecule has 31 heavy (non-hydrogen) atoms. The summed E-state index contributed by atoms with van der Waals surface area (Å²) >= 11 is 0. The third kappa shape index (κ3) is 4.39. The molecular formula is C26H27NO4. The summed E-state index contributed by atoms with van der Waals surface area (Å²) in [6, 6.07) is 24.0. The van der Waals surface area contributed by atoms with Gasteiger partial charge < -0.3 is 20.3 Å². The molecule has 4 rings (SSSR count). The van der Waals surface area contributed by atoms with Crippen molar-refractivity contribution in [1.29, 1.82) is 0 Å². The monoisotopic (exact) mass is 419 g/mol. The van der Waals surface area contributed by atoms with Crippen molar-refractivity contribution in [3.8, 4) is 0 Å². The average molecular weight is 420 g/mol. The van der Waals surface area contributed by atoms with Crippen LogP contribution >= 0.6 is 0 Å². The van der Waals surface area contributed by atoms with E-state index in [0.717, 1.165) is 16.7 Å². The first kappa shape index (κ1) is 19.9. The second-order valence-corrected chi connectivity index (χ2v) is 7.87. The maximum absolute atomic E-state index is 12.6. The van der Waals surface area contributed by atoms with Crippen LogP contribution in [0.25, 0.3) is 0 Å². The Kier molecular flexibility index (Phi) is 5.80. The van der Waals surface area contributed by atoms with Gasteiger partial charge in [0.2, 0.25) is 0 Å². The van der Waals surface area contributed by atoms with Gasteiger partial charge in [0.1, 0.15) is 11.7 Å². The minimum atomic E-state index is -1.37. The number of nitrogens with one attached hydrogen (secondary N) is 1. The number of carbonyl (C=O) groups excluding carboxylic acids is 1. The van der Waals surface area contributed by atoms with Crippen molar-refractivity contribution < 1.29 is 21.1 Å². The molecule has 160 valence electrons. The first-order valence-corrected chi connectivity index (χ1v) is 10.4. The number of benzene rings is 3. The van der Waals surface area contributed by atoms with Crippen LogP contribution in [0.3, 0.4) is 0 Å². The zero-order valence-electron chi connectivity index (χ0n) is 18.4. The van der Waals surface area contributed by atoms with E-state index in [1.807, 2.05) is 61.5 Å². The first-order chi connectivity index (χ1) is 15.4. The largest absolute Gasteiger partial charge is 0.390 e. The van der Waals surface area contributed by atoms with E-state index >= 15 is 0 Å². The fraction of sp³-hybridized carbons (Fsp3) is 0.269. The molecule has 1 heterocycles. The Balaban J connectivity index is 1.57. The fourth-order valence-corrected chi connectivity index (χ4v) is 3.84. The maximum Gasteiger partial charge on any atom is 0.251 e. The highest BCUT2D eigenvalue weighted by molar-refractivity contribution is 5.94. The molecular weight excluding hydrogens is 390 g/mol. The fourth-order valence-electron chi connectivity index (χ4n) is 3.84. The van der Waals surface area contributed by atoms with Crippen molar-refractivity contribution in [2.24, 2.45) is 0 Å². The molecule has 3 aromatic carbocycles. The number of carbonyl (C=O) groups is 1. The second-order valence-electron chi connectivity index (χ2n) is 7.87. The molecule has 5 nitrogen and oxygen atoms in total. The van der Waals surface area contributed by atoms with Crippen LogP contribution in [-0.4, -0.2) is 41.5 Å². The van der Waals surface area contributed by atoms with Crippen LogP contribution in [0.4, 0.5) is 0 Å². The van der Waals surface area contributed by atoms with E-state index < -0.39 is 24.4 Å². The van der Waals surface area contributed by atoms with Gasteiger partial charge in [0.15, 0.2) is 0 Å². The zero-order valence-corrected chi connectivity index (χ0v) is 17.4. The SMILES string of the molecule is [3H][C@H]1C[C@H](O)[C@@H](CNC(=O)c2ccc(C(O)(c3ccccc3)c3ccc(C)cc3)cc2)O1. The molecule has 1 aliphatic rings. The van der Waals surface area contributed by atoms with Gasteiger partial charge in [0.05, 0.1) is 7.47 Å². The number of aryl methyl sites for hydroxylation is 1. The Labute approximate surface area is 183 Å². The van der Waals surface area contributed by atoms with Crippen LogP contribution < -0.4 is 5.32 Å². The van der Waals surface area contributed by atoms with E-state index in [1.54, 1.807) is 24.3 Å². The predicted octanol–water partition coefficient (Wildman–Crippen LogP) is 3.16. The molecule has 0 spiro atoms. The normalized spacial score (nSPS) is 23.1. The maximum atomic E-state index is 12.6. The summed E-state index contributed by atoms with van der Waals surface area (Å²) < 4.78 is 12.9. The van der Waals surface area contributed by atoms with Gasteiger partial charge in [-0.3, -0.25) is 4.79 Å². The molecule has 0 radical (unpaired) electrons. The lowest BCUT2D eigenvalue weighted by Crippen LogP contribution is -2.37. The molecule has 1 saturated heterocycles. The highest BCUT2D eigenvalue weighted by Crippen LogP contribution is 2.36. The lowest BCUT2D eigenvalue weighted by Gasteiger charge is -2.30. The summed E-state index contributed by atoms with van der Waals surface area (Å²) in [4.78, 5) is 12.6. The molecule has 0 aromatic heterocycles. The summed E-state index contributed by atoms with van der Waals surface area (Å²) in [6.45, 7) is 1.37. The number of hydrogen-bond donors (Lipinski definition) is 3. The predicted molar refractivity (Wildman–Crippen MR) is 119 cm³/mol. The summed E-state index contributed by atoms with van der Waals surface area (Å²) in [5.41, 5.74) is 2.29. The summed E-state index contributed by atoms with van der Waals surface area (Å²) in [5, 5.41) is 24.5. The van der Waals surface area contributed by atoms with Crippen LogP contribution in [0.2, 0.25) is 0 Å². The Hall–Kier alpha value is -2.99. The van der Waals surface area contributed by atoms with Crippen molar-refractivity contribution in [3.05, 3.63) is 107 Å². The van der Waals surface area contributed by atoms with Crippen LogP contribution in [0.1, 0.15) is 40.4 Å². The number of rotatable bonds is 6. The molecule has 1 amide bonds. The number of amides is 1. The van der Waals surface area contributed by atoms with E-state index in [2.05, 4.69) is 5.32 Å². The zero-order chi connectivity index (χ0) is 22.7. The van der Waals surface area contributed by atoms with Gasteiger partial charge in [0, 0.05) is 18.7 Å². The quantitative estimate of drug-likeness (QED) is 0.537. The van der Waals surface area contributed by atoms with Gasteiger partial charge in [-0.25, -0.2) is 0 Å². The van der Waals surface area contributed by atoms with E-state index in [9.17, 15) is 15.0 Å². The van der Waals surface area contributed by atoms with Crippen LogP contribution in [-0.2, 0) is 10.3 Å². The second kappa shape index (κ2) is 9.02. The molecule has 5 heteroatoms. The first-order valence-electron chi connectivity index (χ1n) is 10.9. The highest BCUT2D eigenvalue weighted by atomic mass is 16.5. The van der Waals surface area contributed by atoms with Crippen molar-refractivity contribution in [2.45, 2.75) is 31.2 Å². The van der Waals surface area contributed by atoms with E-state index in [4.69, 9.17) is 6.11 Å². The van der Waals surface area contributed by atoms with Gasteiger partial charge in [-0.05, 0) is 42.2 Å². The topological polar surface area (TPSA) is 78.8 Å². The van der Waals surface area contributed by atoms with E-state index in [1.165, 1.54) is 0 Å². The van der Waals surface area contributed by atoms with E-state index in [0.29, 0.717) is 11.1 Å².